The molecule has 2 aromatic carbocycles. The van der Waals surface area contributed by atoms with Crippen LogP contribution in [0.3, 0.4) is 0 Å². The first-order valence-electron chi connectivity index (χ1n) is 20.4. The van der Waals surface area contributed by atoms with E-state index in [4.69, 9.17) is 0 Å². The first kappa shape index (κ1) is 39.9. The van der Waals surface area contributed by atoms with Crippen molar-refractivity contribution in [1.29, 1.82) is 0 Å². The summed E-state index contributed by atoms with van der Waals surface area (Å²) in [5.74, 6) is 6.46. The van der Waals surface area contributed by atoms with Crippen molar-refractivity contribution in [2.24, 2.45) is 47.3 Å². The van der Waals surface area contributed by atoms with Crippen molar-refractivity contribution < 1.29 is 31.4 Å². The van der Waals surface area contributed by atoms with Gasteiger partial charge in [0.15, 0.2) is 11.6 Å². The van der Waals surface area contributed by atoms with E-state index in [1.54, 1.807) is 18.2 Å². The lowest BCUT2D eigenvalue weighted by molar-refractivity contribution is -0.0523. The molecular formula is C44H63F5O2. The summed E-state index contributed by atoms with van der Waals surface area (Å²) in [6, 6.07) is 11.5. The highest BCUT2D eigenvalue weighted by atomic mass is 19.3. The summed E-state index contributed by atoms with van der Waals surface area (Å²) in [7, 11) is 0. The van der Waals surface area contributed by atoms with Gasteiger partial charge in [-0.2, -0.15) is 17.6 Å². The number of rotatable bonds is 12. The van der Waals surface area contributed by atoms with E-state index in [0.717, 1.165) is 66.3 Å². The number of alkyl halides is 4. The summed E-state index contributed by atoms with van der Waals surface area (Å²) >= 11 is 0. The van der Waals surface area contributed by atoms with Crippen molar-refractivity contribution in [3.05, 3.63) is 59.4 Å². The van der Waals surface area contributed by atoms with Crippen LogP contribution in [-0.2, 0) is 12.8 Å². The number of halogens is 5. The molecule has 0 aliphatic heterocycles. The van der Waals surface area contributed by atoms with Crippen LogP contribution in [0.4, 0.5) is 22.0 Å². The molecule has 286 valence electrons. The lowest BCUT2D eigenvalue weighted by Gasteiger charge is -2.37. The monoisotopic (exact) mass is 718 g/mol. The summed E-state index contributed by atoms with van der Waals surface area (Å²) in [4.78, 5) is 0. The van der Waals surface area contributed by atoms with Gasteiger partial charge in [-0.3, -0.25) is 0 Å². The van der Waals surface area contributed by atoms with Gasteiger partial charge in [0.2, 0.25) is 0 Å². The molecule has 0 N–H and O–H groups in total. The van der Waals surface area contributed by atoms with E-state index in [1.165, 1.54) is 127 Å². The average molecular weight is 719 g/mol. The maximum atomic E-state index is 13.8. The second-order valence-electron chi connectivity index (χ2n) is 16.8. The largest absolute Gasteiger partial charge is 0.435 e. The molecule has 2 aromatic rings. The van der Waals surface area contributed by atoms with E-state index < -0.39 is 19.0 Å². The van der Waals surface area contributed by atoms with Crippen molar-refractivity contribution in [3.8, 4) is 11.5 Å². The van der Waals surface area contributed by atoms with Crippen LogP contribution in [0.5, 0.6) is 11.5 Å². The smallest absolute Gasteiger partial charge is 0.387 e. The molecule has 4 saturated carbocycles. The Morgan fingerprint density at radius 1 is 0.510 bits per heavy atom. The van der Waals surface area contributed by atoms with Gasteiger partial charge < -0.3 is 9.47 Å². The third kappa shape index (κ3) is 13.2. The SMILES string of the molecule is CC1CCC(C2CCC(CCc3ccc(OC(F)F)c(F)c3)CC2)CC1.CC1CCC(C2CCC(CCc3ccc(OC(F)F)cc3)CC2)CC1. The zero-order chi connectivity index (χ0) is 36.2. The Kier molecular flexibility index (Phi) is 15.8. The predicted molar refractivity (Wildman–Crippen MR) is 196 cm³/mol. The van der Waals surface area contributed by atoms with Crippen LogP contribution in [0.1, 0.15) is 141 Å². The molecule has 0 aromatic heterocycles. The summed E-state index contributed by atoms with van der Waals surface area (Å²) in [5.41, 5.74) is 2.09. The molecule has 6 rings (SSSR count). The third-order valence-corrected chi connectivity index (χ3v) is 13.3. The van der Waals surface area contributed by atoms with Crippen LogP contribution in [0, 0.1) is 53.2 Å². The van der Waals surface area contributed by atoms with Crippen molar-refractivity contribution in [2.75, 3.05) is 0 Å². The standard InChI is InChI=1S/C22H31F3O.C22H32F2O/c1-15-2-9-18(10-3-15)19-11-6-16(7-12-19)4-5-17-8-13-21(20(23)14-17)26-22(24)25;1-16-2-10-19(11-3-16)20-12-6-17(7-13-20)4-5-18-8-14-21(15-9-18)25-22(23)24/h8,13-16,18-19,22H,2-7,9-12H2,1H3;8-9,14-17,19-20,22H,2-7,10-13H2,1H3. The molecule has 0 bridgehead atoms. The van der Waals surface area contributed by atoms with Gasteiger partial charge >= 0.3 is 13.2 Å². The fraction of sp³-hybridized carbons (Fsp3) is 0.727. The maximum absolute atomic E-state index is 13.8. The molecule has 4 aliphatic rings. The van der Waals surface area contributed by atoms with E-state index in [0.29, 0.717) is 5.92 Å². The topological polar surface area (TPSA) is 18.5 Å². The highest BCUT2D eigenvalue weighted by Crippen LogP contribution is 2.43. The second kappa shape index (κ2) is 20.2. The Hall–Kier alpha value is -2.31. The molecule has 0 saturated heterocycles. The third-order valence-electron chi connectivity index (χ3n) is 13.3. The Balaban J connectivity index is 0.000000198. The van der Waals surface area contributed by atoms with Crippen molar-refractivity contribution in [1.82, 2.24) is 0 Å². The highest BCUT2D eigenvalue weighted by molar-refractivity contribution is 5.29. The van der Waals surface area contributed by atoms with Crippen LogP contribution < -0.4 is 9.47 Å². The Bertz CT molecular complexity index is 1250. The van der Waals surface area contributed by atoms with E-state index in [-0.39, 0.29) is 11.5 Å². The molecule has 0 spiro atoms. The zero-order valence-electron chi connectivity index (χ0n) is 31.2. The Morgan fingerprint density at radius 3 is 1.31 bits per heavy atom. The molecule has 51 heavy (non-hydrogen) atoms. The first-order chi connectivity index (χ1) is 24.6. The lowest BCUT2D eigenvalue weighted by Crippen LogP contribution is -2.25. The van der Waals surface area contributed by atoms with Crippen molar-refractivity contribution in [3.63, 3.8) is 0 Å². The average Bonchev–Trinajstić information content (AvgIpc) is 3.13. The summed E-state index contributed by atoms with van der Waals surface area (Å²) in [6.07, 6.45) is 26.4. The summed E-state index contributed by atoms with van der Waals surface area (Å²) in [6.45, 7) is -0.951. The normalized spacial score (nSPS) is 30.1. The van der Waals surface area contributed by atoms with E-state index in [2.05, 4.69) is 23.3 Å². The molecular weight excluding hydrogens is 655 g/mol. The molecule has 0 unspecified atom stereocenters. The number of ether oxygens (including phenoxy) is 2. The Morgan fingerprint density at radius 2 is 0.902 bits per heavy atom. The van der Waals surface area contributed by atoms with Gasteiger partial charge in [-0.15, -0.1) is 0 Å². The molecule has 0 amide bonds. The molecule has 4 aliphatic carbocycles. The van der Waals surface area contributed by atoms with Crippen molar-refractivity contribution in [2.45, 2.75) is 155 Å². The van der Waals surface area contributed by atoms with Crippen LogP contribution in [0.15, 0.2) is 42.5 Å². The van der Waals surface area contributed by atoms with Gasteiger partial charge in [-0.25, -0.2) is 4.39 Å². The molecule has 2 nitrogen and oxygen atoms in total. The van der Waals surface area contributed by atoms with E-state index >= 15 is 0 Å². The van der Waals surface area contributed by atoms with Gasteiger partial charge in [0.1, 0.15) is 5.75 Å². The fourth-order valence-electron chi connectivity index (χ4n) is 9.88. The quantitative estimate of drug-likeness (QED) is 0.203. The van der Waals surface area contributed by atoms with Gasteiger partial charge in [0, 0.05) is 0 Å². The minimum absolute atomic E-state index is 0.251. The fourth-order valence-corrected chi connectivity index (χ4v) is 9.88. The Labute approximate surface area is 304 Å². The van der Waals surface area contributed by atoms with Crippen LogP contribution in [-0.4, -0.2) is 13.2 Å². The second-order valence-corrected chi connectivity index (χ2v) is 16.8. The highest BCUT2D eigenvalue weighted by Gasteiger charge is 2.31. The zero-order valence-corrected chi connectivity index (χ0v) is 31.2. The summed E-state index contributed by atoms with van der Waals surface area (Å²) in [5, 5.41) is 0. The number of hydrogen-bond acceptors (Lipinski definition) is 2. The van der Waals surface area contributed by atoms with E-state index in [1.807, 2.05) is 12.1 Å². The molecule has 0 radical (unpaired) electrons. The molecule has 0 heterocycles. The van der Waals surface area contributed by atoms with Crippen molar-refractivity contribution >= 4 is 0 Å². The summed E-state index contributed by atoms with van der Waals surface area (Å²) < 4.78 is 71.1. The maximum Gasteiger partial charge on any atom is 0.387 e. The minimum atomic E-state index is -2.99. The number of hydrogen-bond donors (Lipinski definition) is 0. The predicted octanol–water partition coefficient (Wildman–Crippen LogP) is 13.8. The van der Waals surface area contributed by atoms with Crippen LogP contribution >= 0.6 is 0 Å². The molecule has 7 heteroatoms. The van der Waals surface area contributed by atoms with Gasteiger partial charge in [-0.05, 0) is 160 Å². The van der Waals surface area contributed by atoms with Crippen LogP contribution in [0.2, 0.25) is 0 Å². The van der Waals surface area contributed by atoms with Gasteiger partial charge in [-0.1, -0.05) is 83.4 Å². The van der Waals surface area contributed by atoms with E-state index in [9.17, 15) is 22.0 Å². The van der Waals surface area contributed by atoms with Gasteiger partial charge in [0.25, 0.3) is 0 Å². The number of benzene rings is 2. The van der Waals surface area contributed by atoms with Gasteiger partial charge in [0.05, 0.1) is 0 Å². The van der Waals surface area contributed by atoms with Crippen LogP contribution in [0.25, 0.3) is 0 Å². The molecule has 0 atom stereocenters. The molecule has 4 fully saturated rings. The lowest BCUT2D eigenvalue weighted by atomic mass is 9.69. The first-order valence-corrected chi connectivity index (χ1v) is 20.4. The number of aryl methyl sites for hydroxylation is 2. The minimum Gasteiger partial charge on any atom is -0.435 e.